The molecule has 0 unspecified atom stereocenters. The summed E-state index contributed by atoms with van der Waals surface area (Å²) in [7, 11) is 1.83. The highest BCUT2D eigenvalue weighted by atomic mass is 16.5. The Bertz CT molecular complexity index is 1360. The van der Waals surface area contributed by atoms with Crippen LogP contribution in [-0.4, -0.2) is 58.3 Å². The molecule has 0 saturated heterocycles. The third kappa shape index (κ3) is 5.95. The van der Waals surface area contributed by atoms with Crippen molar-refractivity contribution in [1.82, 2.24) is 25.2 Å². The third-order valence-electron chi connectivity index (χ3n) is 7.05. The van der Waals surface area contributed by atoms with Gasteiger partial charge in [-0.05, 0) is 61.7 Å². The van der Waals surface area contributed by atoms with Crippen molar-refractivity contribution in [1.29, 1.82) is 0 Å². The first-order valence-corrected chi connectivity index (χ1v) is 13.1. The smallest absolute Gasteiger partial charge is 0.225 e. The van der Waals surface area contributed by atoms with Crippen LogP contribution in [0.25, 0.3) is 11.0 Å². The molecule has 3 atom stereocenters. The molecular weight excluding hydrogens is 480 g/mol. The number of anilines is 1. The lowest BCUT2D eigenvalue weighted by Gasteiger charge is -2.15. The Kier molecular flexibility index (Phi) is 8.15. The first-order chi connectivity index (χ1) is 18.6. The number of amides is 1. The number of aliphatic hydroxyl groups excluding tert-OH is 1. The van der Waals surface area contributed by atoms with Crippen LogP contribution >= 0.6 is 0 Å². The van der Waals surface area contributed by atoms with E-state index in [1.165, 1.54) is 11.9 Å². The van der Waals surface area contributed by atoms with Crippen molar-refractivity contribution in [2.75, 3.05) is 32.0 Å². The number of carbonyl (C=O) groups excluding carboxylic acids is 1. The lowest BCUT2D eigenvalue weighted by Crippen LogP contribution is -2.38. The zero-order valence-electron chi connectivity index (χ0n) is 21.5. The lowest BCUT2D eigenvalue weighted by atomic mass is 10.1. The van der Waals surface area contributed by atoms with E-state index in [1.54, 1.807) is 0 Å². The van der Waals surface area contributed by atoms with Gasteiger partial charge in [0.1, 0.15) is 29.3 Å². The standard InChI is InChI=1S/C29H34N6O3/c1-30-27-24-11-15-35(28(24)34-19-33-27)21-17-25(26(36)18-21)29(37)32-14-13-31-12-10-20-6-5-9-23(16-20)38-22-7-3-2-4-8-22/h2-9,11,15-16,19,21,25-26,31,36H,10,12-14,17-18H2,1H3,(H,32,37)(H,30,33,34)/t21-,25+,26+/m1/s1. The second-order valence-electron chi connectivity index (χ2n) is 9.59. The molecule has 1 amide bonds. The molecule has 0 radical (unpaired) electrons. The number of hydrogen-bond donors (Lipinski definition) is 4. The van der Waals surface area contributed by atoms with Crippen LogP contribution in [-0.2, 0) is 11.2 Å². The molecule has 9 heteroatoms. The molecule has 0 aliphatic heterocycles. The van der Waals surface area contributed by atoms with Crippen LogP contribution in [0.5, 0.6) is 11.5 Å². The molecular formula is C29H34N6O3. The fraction of sp³-hybridized carbons (Fsp3) is 0.345. The maximum atomic E-state index is 12.8. The quantitative estimate of drug-likeness (QED) is 0.227. The van der Waals surface area contributed by atoms with Gasteiger partial charge in [-0.25, -0.2) is 9.97 Å². The minimum absolute atomic E-state index is 0.0117. The van der Waals surface area contributed by atoms with E-state index in [2.05, 4.69) is 36.6 Å². The molecule has 1 aliphatic carbocycles. The Morgan fingerprint density at radius 2 is 1.87 bits per heavy atom. The van der Waals surface area contributed by atoms with Gasteiger partial charge in [0.05, 0.1) is 17.4 Å². The number of aliphatic hydroxyl groups is 1. The van der Waals surface area contributed by atoms with Crippen molar-refractivity contribution in [3.63, 3.8) is 0 Å². The molecule has 9 nitrogen and oxygen atoms in total. The number of hydrogen-bond acceptors (Lipinski definition) is 7. The van der Waals surface area contributed by atoms with E-state index in [1.807, 2.05) is 67.8 Å². The molecule has 4 aromatic rings. The van der Waals surface area contributed by atoms with E-state index in [0.717, 1.165) is 41.3 Å². The summed E-state index contributed by atoms with van der Waals surface area (Å²) in [6.45, 7) is 1.95. The summed E-state index contributed by atoms with van der Waals surface area (Å²) >= 11 is 0. The van der Waals surface area contributed by atoms with E-state index >= 15 is 0 Å². The minimum Gasteiger partial charge on any atom is -0.457 e. The largest absolute Gasteiger partial charge is 0.457 e. The molecule has 2 aromatic heterocycles. The number of para-hydroxylation sites is 1. The van der Waals surface area contributed by atoms with Crippen molar-refractivity contribution in [3.8, 4) is 11.5 Å². The van der Waals surface area contributed by atoms with Gasteiger partial charge in [-0.1, -0.05) is 30.3 Å². The van der Waals surface area contributed by atoms with Crippen LogP contribution in [0.4, 0.5) is 5.82 Å². The van der Waals surface area contributed by atoms with Crippen molar-refractivity contribution in [2.45, 2.75) is 31.4 Å². The predicted octanol–water partition coefficient (Wildman–Crippen LogP) is 3.53. The normalized spacial score (nSPS) is 18.9. The molecule has 1 aliphatic rings. The van der Waals surface area contributed by atoms with Gasteiger partial charge in [0.25, 0.3) is 0 Å². The van der Waals surface area contributed by atoms with Crippen molar-refractivity contribution in [3.05, 3.63) is 78.8 Å². The van der Waals surface area contributed by atoms with Crippen LogP contribution in [0.15, 0.2) is 73.2 Å². The summed E-state index contributed by atoms with van der Waals surface area (Å²) in [5, 5.41) is 21.0. The van der Waals surface area contributed by atoms with Crippen LogP contribution < -0.4 is 20.7 Å². The van der Waals surface area contributed by atoms with Crippen LogP contribution in [0.2, 0.25) is 0 Å². The van der Waals surface area contributed by atoms with E-state index < -0.39 is 12.0 Å². The fourth-order valence-corrected chi connectivity index (χ4v) is 5.12. The number of benzene rings is 2. The molecule has 1 fully saturated rings. The number of rotatable bonds is 11. The van der Waals surface area contributed by atoms with Crippen LogP contribution in [0.3, 0.4) is 0 Å². The van der Waals surface area contributed by atoms with Gasteiger partial charge in [-0.2, -0.15) is 0 Å². The van der Waals surface area contributed by atoms with Crippen LogP contribution in [0.1, 0.15) is 24.4 Å². The summed E-state index contributed by atoms with van der Waals surface area (Å²) < 4.78 is 7.96. The van der Waals surface area contributed by atoms with Gasteiger partial charge in [-0.3, -0.25) is 4.79 Å². The molecule has 38 heavy (non-hydrogen) atoms. The molecule has 2 aromatic carbocycles. The average molecular weight is 515 g/mol. The van der Waals surface area contributed by atoms with Gasteiger partial charge >= 0.3 is 0 Å². The Morgan fingerprint density at radius 3 is 2.71 bits per heavy atom. The summed E-state index contributed by atoms with van der Waals surface area (Å²) in [4.78, 5) is 21.5. The highest BCUT2D eigenvalue weighted by molar-refractivity contribution is 5.87. The number of carbonyl (C=O) groups is 1. The van der Waals surface area contributed by atoms with Gasteiger partial charge in [-0.15, -0.1) is 0 Å². The van der Waals surface area contributed by atoms with Crippen molar-refractivity contribution < 1.29 is 14.6 Å². The molecule has 2 heterocycles. The third-order valence-corrected chi connectivity index (χ3v) is 7.05. The van der Waals surface area contributed by atoms with Gasteiger partial charge in [0.2, 0.25) is 5.91 Å². The van der Waals surface area contributed by atoms with E-state index in [4.69, 9.17) is 4.74 Å². The molecule has 0 bridgehead atoms. The average Bonchev–Trinajstić information content (AvgIpc) is 3.54. The Balaban J connectivity index is 1.05. The van der Waals surface area contributed by atoms with Crippen LogP contribution in [0, 0.1) is 5.92 Å². The maximum absolute atomic E-state index is 12.8. The summed E-state index contributed by atoms with van der Waals surface area (Å²) in [5.74, 6) is 1.86. The van der Waals surface area contributed by atoms with E-state index in [-0.39, 0.29) is 11.9 Å². The minimum atomic E-state index is -0.679. The molecule has 1 saturated carbocycles. The highest BCUT2D eigenvalue weighted by Crippen LogP contribution is 2.37. The zero-order chi connectivity index (χ0) is 26.3. The lowest BCUT2D eigenvalue weighted by molar-refractivity contribution is -0.127. The molecule has 0 spiro atoms. The van der Waals surface area contributed by atoms with Crippen molar-refractivity contribution in [2.24, 2.45) is 5.92 Å². The topological polar surface area (TPSA) is 113 Å². The zero-order valence-corrected chi connectivity index (χ0v) is 21.5. The number of fused-ring (bicyclic) bond motifs is 1. The van der Waals surface area contributed by atoms with Gasteiger partial charge < -0.3 is 30.4 Å². The molecule has 198 valence electrons. The van der Waals surface area contributed by atoms with E-state index in [0.29, 0.717) is 25.9 Å². The Labute approximate surface area is 222 Å². The fourth-order valence-electron chi connectivity index (χ4n) is 5.12. The molecule has 5 rings (SSSR count). The first kappa shape index (κ1) is 25.7. The summed E-state index contributed by atoms with van der Waals surface area (Å²) in [5.41, 5.74) is 1.99. The second kappa shape index (κ2) is 12.1. The number of aromatic nitrogens is 3. The first-order valence-electron chi connectivity index (χ1n) is 13.1. The SMILES string of the molecule is CNc1ncnc2c1ccn2[C@@H]1C[C@H](C(=O)NCCNCCc2cccc(Oc3ccccc3)c2)[C@@H](O)C1. The monoisotopic (exact) mass is 514 g/mol. The number of nitrogens with one attached hydrogen (secondary N) is 3. The summed E-state index contributed by atoms with van der Waals surface area (Å²) in [6.07, 6.45) is 4.76. The predicted molar refractivity (Wildman–Crippen MR) is 147 cm³/mol. The van der Waals surface area contributed by atoms with E-state index in [9.17, 15) is 9.90 Å². The van der Waals surface area contributed by atoms with Gasteiger partial charge in [0, 0.05) is 32.4 Å². The molecule has 4 N–H and O–H groups in total. The number of nitrogens with zero attached hydrogens (tertiary/aromatic N) is 3. The summed E-state index contributed by atoms with van der Waals surface area (Å²) in [6, 6.07) is 19.8. The maximum Gasteiger partial charge on any atom is 0.225 e. The highest BCUT2D eigenvalue weighted by Gasteiger charge is 2.38. The van der Waals surface area contributed by atoms with Crippen molar-refractivity contribution >= 4 is 22.8 Å². The second-order valence-corrected chi connectivity index (χ2v) is 9.59. The Hall–Kier alpha value is -3.95. The van der Waals surface area contributed by atoms with Gasteiger partial charge in [0.15, 0.2) is 0 Å². The Morgan fingerprint density at radius 1 is 1.03 bits per heavy atom. The number of ether oxygens (including phenoxy) is 1.